The van der Waals surface area contributed by atoms with Crippen molar-refractivity contribution < 1.29 is 4.79 Å². The summed E-state index contributed by atoms with van der Waals surface area (Å²) in [6.45, 7) is 0.796. The van der Waals surface area contributed by atoms with Gasteiger partial charge in [-0.05, 0) is 42.3 Å². The van der Waals surface area contributed by atoms with E-state index in [0.717, 1.165) is 29.9 Å². The molecule has 4 N–H and O–H groups in total. The van der Waals surface area contributed by atoms with Crippen LogP contribution in [0, 0.1) is 0 Å². The summed E-state index contributed by atoms with van der Waals surface area (Å²) < 4.78 is 0. The van der Waals surface area contributed by atoms with E-state index in [1.165, 1.54) is 10.9 Å². The van der Waals surface area contributed by atoms with Crippen molar-refractivity contribution in [2.24, 2.45) is 0 Å². The highest BCUT2D eigenvalue weighted by molar-refractivity contribution is 5.99. The highest BCUT2D eigenvalue weighted by atomic mass is 16.2. The van der Waals surface area contributed by atoms with E-state index in [4.69, 9.17) is 0 Å². The van der Waals surface area contributed by atoms with Crippen molar-refractivity contribution in [3.05, 3.63) is 84.7 Å². The van der Waals surface area contributed by atoms with E-state index < -0.39 is 0 Å². The Labute approximate surface area is 163 Å². The van der Waals surface area contributed by atoms with Crippen LogP contribution in [0.1, 0.15) is 5.56 Å². The molecule has 0 unspecified atom stereocenters. The number of fused-ring (bicyclic) bond motifs is 1. The lowest BCUT2D eigenvalue weighted by molar-refractivity contribution is 0.262. The van der Waals surface area contributed by atoms with Crippen LogP contribution in [0.4, 0.5) is 22.0 Å². The molecule has 0 spiro atoms. The first-order chi connectivity index (χ1) is 13.8. The van der Waals surface area contributed by atoms with Gasteiger partial charge in [0, 0.05) is 29.3 Å². The number of benzene rings is 2. The summed E-state index contributed by atoms with van der Waals surface area (Å²) in [6.07, 6.45) is 4.68. The summed E-state index contributed by atoms with van der Waals surface area (Å²) >= 11 is 0. The van der Waals surface area contributed by atoms with Crippen molar-refractivity contribution in [2.45, 2.75) is 6.42 Å². The average Bonchev–Trinajstić information content (AvgIpc) is 3.13. The Morgan fingerprint density at radius 2 is 1.71 bits per heavy atom. The molecule has 0 radical (unpaired) electrons. The lowest BCUT2D eigenvalue weighted by Crippen LogP contribution is -2.20. The average molecular weight is 371 g/mol. The zero-order chi connectivity index (χ0) is 19.2. The predicted molar refractivity (Wildman–Crippen MR) is 114 cm³/mol. The normalized spacial score (nSPS) is 10.6. The van der Waals surface area contributed by atoms with Gasteiger partial charge in [-0.15, -0.1) is 0 Å². The monoisotopic (exact) mass is 371 g/mol. The number of carbonyl (C=O) groups is 1. The molecule has 0 saturated heterocycles. The molecular formula is C22H21N5O. The fourth-order valence-corrected chi connectivity index (χ4v) is 3.05. The topological polar surface area (TPSA) is 81.8 Å². The lowest BCUT2D eigenvalue weighted by atomic mass is 10.1. The van der Waals surface area contributed by atoms with E-state index in [9.17, 15) is 4.79 Å². The minimum Gasteiger partial charge on any atom is -0.383 e. The molecule has 2 aromatic heterocycles. The van der Waals surface area contributed by atoms with Crippen LogP contribution < -0.4 is 16.0 Å². The summed E-state index contributed by atoms with van der Waals surface area (Å²) in [6, 6.07) is 20.9. The number of H-pyrrole nitrogens is 1. The third kappa shape index (κ3) is 4.29. The standard InChI is InChI=1S/C22H21N5O/c28-22(26-17-6-2-1-3-7-17)27-21-11-10-18(15-25-21)23-13-12-16-14-24-20-9-5-4-8-19(16)20/h1-11,14-15,23-24H,12-13H2,(H2,25,26,27,28). The van der Waals surface area contributed by atoms with Gasteiger partial charge >= 0.3 is 6.03 Å². The van der Waals surface area contributed by atoms with Crippen LogP contribution in [0.15, 0.2) is 79.1 Å². The van der Waals surface area contributed by atoms with Crippen LogP contribution in [0.25, 0.3) is 10.9 Å². The smallest absolute Gasteiger partial charge is 0.324 e. The van der Waals surface area contributed by atoms with Crippen molar-refractivity contribution in [2.75, 3.05) is 22.5 Å². The molecule has 0 aliphatic carbocycles. The molecule has 0 fully saturated rings. The van der Waals surface area contributed by atoms with E-state index in [2.05, 4.69) is 50.3 Å². The number of rotatable bonds is 6. The summed E-state index contributed by atoms with van der Waals surface area (Å²) in [7, 11) is 0. The highest BCUT2D eigenvalue weighted by Crippen LogP contribution is 2.18. The Morgan fingerprint density at radius 3 is 2.54 bits per heavy atom. The minimum atomic E-state index is -0.321. The van der Waals surface area contributed by atoms with Crippen molar-refractivity contribution in [1.82, 2.24) is 9.97 Å². The molecule has 0 aliphatic heterocycles. The number of anilines is 3. The summed E-state index contributed by atoms with van der Waals surface area (Å²) in [4.78, 5) is 19.6. The molecule has 0 saturated carbocycles. The minimum absolute atomic E-state index is 0.321. The van der Waals surface area contributed by atoms with Crippen LogP contribution in [-0.2, 0) is 6.42 Å². The van der Waals surface area contributed by atoms with E-state index in [1.807, 2.05) is 42.5 Å². The molecule has 6 nitrogen and oxygen atoms in total. The molecule has 4 aromatic rings. The predicted octanol–water partition coefficient (Wildman–Crippen LogP) is 4.86. The molecule has 2 heterocycles. The number of hydrogen-bond donors (Lipinski definition) is 4. The van der Waals surface area contributed by atoms with Gasteiger partial charge in [0.25, 0.3) is 0 Å². The number of hydrogen-bond acceptors (Lipinski definition) is 3. The quantitative estimate of drug-likeness (QED) is 0.391. The fourth-order valence-electron chi connectivity index (χ4n) is 3.05. The molecule has 2 aromatic carbocycles. The zero-order valence-electron chi connectivity index (χ0n) is 15.3. The Balaban J connectivity index is 1.28. The highest BCUT2D eigenvalue weighted by Gasteiger charge is 2.05. The van der Waals surface area contributed by atoms with E-state index in [0.29, 0.717) is 5.82 Å². The number of aromatic amines is 1. The summed E-state index contributed by atoms with van der Waals surface area (Å²) in [5.74, 6) is 0.496. The molecular weight excluding hydrogens is 350 g/mol. The third-order valence-electron chi connectivity index (χ3n) is 4.44. The van der Waals surface area contributed by atoms with Gasteiger partial charge in [0.1, 0.15) is 5.82 Å². The van der Waals surface area contributed by atoms with Crippen molar-refractivity contribution in [1.29, 1.82) is 0 Å². The Bertz CT molecular complexity index is 1060. The fraction of sp³-hybridized carbons (Fsp3) is 0.0909. The zero-order valence-corrected chi connectivity index (χ0v) is 15.3. The molecule has 2 amide bonds. The van der Waals surface area contributed by atoms with Gasteiger partial charge < -0.3 is 15.6 Å². The summed E-state index contributed by atoms with van der Waals surface area (Å²) in [5.41, 5.74) is 4.08. The van der Waals surface area contributed by atoms with Crippen LogP contribution in [0.3, 0.4) is 0 Å². The largest absolute Gasteiger partial charge is 0.383 e. The first-order valence-electron chi connectivity index (χ1n) is 9.16. The van der Waals surface area contributed by atoms with Crippen molar-refractivity contribution in [3.8, 4) is 0 Å². The van der Waals surface area contributed by atoms with Gasteiger partial charge in [-0.1, -0.05) is 36.4 Å². The summed E-state index contributed by atoms with van der Waals surface area (Å²) in [5, 5.41) is 10.1. The number of aromatic nitrogens is 2. The first kappa shape index (κ1) is 17.6. The maximum absolute atomic E-state index is 12.0. The third-order valence-corrected chi connectivity index (χ3v) is 4.44. The van der Waals surface area contributed by atoms with Crippen LogP contribution >= 0.6 is 0 Å². The van der Waals surface area contributed by atoms with Gasteiger partial charge in [0.15, 0.2) is 0 Å². The van der Waals surface area contributed by atoms with E-state index in [-0.39, 0.29) is 6.03 Å². The maximum atomic E-state index is 12.0. The number of amides is 2. The van der Waals surface area contributed by atoms with Crippen molar-refractivity contribution in [3.63, 3.8) is 0 Å². The Hall–Kier alpha value is -3.80. The number of urea groups is 1. The van der Waals surface area contributed by atoms with E-state index >= 15 is 0 Å². The SMILES string of the molecule is O=C(Nc1ccccc1)Nc1ccc(NCCc2c[nH]c3ccccc23)cn1. The van der Waals surface area contributed by atoms with Crippen LogP contribution in [0.2, 0.25) is 0 Å². The number of nitrogens with one attached hydrogen (secondary N) is 4. The first-order valence-corrected chi connectivity index (χ1v) is 9.16. The van der Waals surface area contributed by atoms with Crippen molar-refractivity contribution >= 4 is 34.1 Å². The molecule has 140 valence electrons. The number of carbonyl (C=O) groups excluding carboxylic acids is 1. The number of nitrogens with zero attached hydrogens (tertiary/aromatic N) is 1. The van der Waals surface area contributed by atoms with Crippen LogP contribution in [0.5, 0.6) is 0 Å². The molecule has 6 heteroatoms. The van der Waals surface area contributed by atoms with Gasteiger partial charge in [-0.25, -0.2) is 9.78 Å². The van der Waals surface area contributed by atoms with Gasteiger partial charge in [-0.3, -0.25) is 5.32 Å². The lowest BCUT2D eigenvalue weighted by Gasteiger charge is -2.09. The molecule has 0 aliphatic rings. The second kappa shape index (κ2) is 8.26. The number of pyridine rings is 1. The van der Waals surface area contributed by atoms with Gasteiger partial charge in [-0.2, -0.15) is 0 Å². The number of para-hydroxylation sites is 2. The molecule has 4 rings (SSSR count). The Kier molecular flexibility index (Phi) is 5.20. The second-order valence-corrected chi connectivity index (χ2v) is 6.41. The van der Waals surface area contributed by atoms with Gasteiger partial charge in [0.05, 0.1) is 11.9 Å². The van der Waals surface area contributed by atoms with E-state index in [1.54, 1.807) is 12.3 Å². The molecule has 0 bridgehead atoms. The molecule has 0 atom stereocenters. The Morgan fingerprint density at radius 1 is 0.893 bits per heavy atom. The second-order valence-electron chi connectivity index (χ2n) is 6.41. The molecule has 28 heavy (non-hydrogen) atoms. The maximum Gasteiger partial charge on any atom is 0.324 e. The van der Waals surface area contributed by atoms with Crippen LogP contribution in [-0.4, -0.2) is 22.5 Å². The van der Waals surface area contributed by atoms with Gasteiger partial charge in [0.2, 0.25) is 0 Å².